The molecule has 5 heteroatoms. The molecule has 3 N–H and O–H groups in total. The van der Waals surface area contributed by atoms with Crippen LogP contribution in [0.15, 0.2) is 24.3 Å². The van der Waals surface area contributed by atoms with Crippen molar-refractivity contribution in [1.82, 2.24) is 5.32 Å². The van der Waals surface area contributed by atoms with Gasteiger partial charge in [0.1, 0.15) is 6.04 Å². The summed E-state index contributed by atoms with van der Waals surface area (Å²) in [5, 5.41) is 14.1. The summed E-state index contributed by atoms with van der Waals surface area (Å²) < 4.78 is 0. The summed E-state index contributed by atoms with van der Waals surface area (Å²) in [7, 11) is 0. The molecule has 1 aromatic rings. The van der Waals surface area contributed by atoms with Crippen molar-refractivity contribution in [2.45, 2.75) is 33.2 Å². The number of aryl methyl sites for hydroxylation is 1. The molecule has 0 aliphatic carbocycles. The summed E-state index contributed by atoms with van der Waals surface area (Å²) in [6.07, 6.45) is 0.399. The maximum absolute atomic E-state index is 11.7. The number of amides is 2. The van der Waals surface area contributed by atoms with E-state index in [1.807, 2.05) is 39.0 Å². The molecule has 0 aliphatic heterocycles. The van der Waals surface area contributed by atoms with Crippen LogP contribution in [0, 0.1) is 12.8 Å². The molecule has 0 unspecified atom stereocenters. The number of benzene rings is 1. The minimum Gasteiger partial charge on any atom is -0.480 e. The van der Waals surface area contributed by atoms with Gasteiger partial charge in [0.25, 0.3) is 0 Å². The fourth-order valence-corrected chi connectivity index (χ4v) is 1.74. The van der Waals surface area contributed by atoms with Gasteiger partial charge in [-0.1, -0.05) is 26.0 Å². The van der Waals surface area contributed by atoms with E-state index in [1.165, 1.54) is 0 Å². The van der Waals surface area contributed by atoms with Crippen LogP contribution in [0.25, 0.3) is 0 Å². The van der Waals surface area contributed by atoms with Gasteiger partial charge in [-0.15, -0.1) is 0 Å². The van der Waals surface area contributed by atoms with Gasteiger partial charge in [0.2, 0.25) is 0 Å². The molecule has 1 rings (SSSR count). The van der Waals surface area contributed by atoms with E-state index in [1.54, 1.807) is 6.07 Å². The topological polar surface area (TPSA) is 78.4 Å². The van der Waals surface area contributed by atoms with Gasteiger partial charge in [-0.25, -0.2) is 9.59 Å². The predicted octanol–water partition coefficient (Wildman–Crippen LogP) is 2.62. The van der Waals surface area contributed by atoms with E-state index < -0.39 is 18.0 Å². The van der Waals surface area contributed by atoms with Crippen molar-refractivity contribution < 1.29 is 14.7 Å². The highest BCUT2D eigenvalue weighted by molar-refractivity contribution is 5.92. The van der Waals surface area contributed by atoms with Gasteiger partial charge in [-0.3, -0.25) is 0 Å². The number of hydrogen-bond donors (Lipinski definition) is 3. The number of urea groups is 1. The summed E-state index contributed by atoms with van der Waals surface area (Å²) in [6, 6.07) is 5.95. The van der Waals surface area contributed by atoms with Crippen LogP contribution in [-0.2, 0) is 4.79 Å². The molecule has 1 atom stereocenters. The molecule has 0 heterocycles. The second kappa shape index (κ2) is 6.78. The fraction of sp³-hybridized carbons (Fsp3) is 0.429. The number of hydrogen-bond acceptors (Lipinski definition) is 2. The quantitative estimate of drug-likeness (QED) is 0.765. The molecule has 19 heavy (non-hydrogen) atoms. The lowest BCUT2D eigenvalue weighted by molar-refractivity contribution is -0.139. The van der Waals surface area contributed by atoms with Gasteiger partial charge in [0.15, 0.2) is 0 Å². The molecule has 0 aromatic heterocycles. The summed E-state index contributed by atoms with van der Waals surface area (Å²) in [5.41, 5.74) is 1.67. The minimum atomic E-state index is -1.02. The smallest absolute Gasteiger partial charge is 0.326 e. The third-order valence-corrected chi connectivity index (χ3v) is 2.59. The Kier molecular flexibility index (Phi) is 5.36. The number of aliphatic carboxylic acids is 1. The Balaban J connectivity index is 2.60. The average Bonchev–Trinajstić information content (AvgIpc) is 2.27. The van der Waals surface area contributed by atoms with E-state index in [4.69, 9.17) is 5.11 Å². The summed E-state index contributed by atoms with van der Waals surface area (Å²) in [4.78, 5) is 22.8. The van der Waals surface area contributed by atoms with Gasteiger partial charge in [0.05, 0.1) is 0 Å². The Bertz CT molecular complexity index is 458. The molecule has 5 nitrogen and oxygen atoms in total. The van der Waals surface area contributed by atoms with Crippen molar-refractivity contribution in [3.8, 4) is 0 Å². The zero-order chi connectivity index (χ0) is 14.4. The Labute approximate surface area is 113 Å². The van der Waals surface area contributed by atoms with E-state index in [0.29, 0.717) is 12.1 Å². The molecule has 0 aliphatic rings. The molecular weight excluding hydrogens is 244 g/mol. The minimum absolute atomic E-state index is 0.195. The maximum Gasteiger partial charge on any atom is 0.326 e. The Morgan fingerprint density at radius 2 is 2.00 bits per heavy atom. The number of rotatable bonds is 5. The standard InChI is InChI=1S/C14H20N2O3/c1-9(2)7-12(13(17)18)16-14(19)15-11-6-4-5-10(3)8-11/h4-6,8-9,12H,7H2,1-3H3,(H,17,18)(H2,15,16,19)/t12-/m0/s1. The third kappa shape index (κ3) is 5.42. The number of carbonyl (C=O) groups excluding carboxylic acids is 1. The summed E-state index contributed by atoms with van der Waals surface area (Å²) in [5.74, 6) is -0.825. The van der Waals surface area contributed by atoms with Gasteiger partial charge < -0.3 is 15.7 Å². The summed E-state index contributed by atoms with van der Waals surface area (Å²) in [6.45, 7) is 5.74. The van der Waals surface area contributed by atoms with Crippen LogP contribution >= 0.6 is 0 Å². The molecule has 0 saturated carbocycles. The van der Waals surface area contributed by atoms with Crippen molar-refractivity contribution in [3.63, 3.8) is 0 Å². The lowest BCUT2D eigenvalue weighted by atomic mass is 10.0. The molecule has 1 aromatic carbocycles. The van der Waals surface area contributed by atoms with E-state index in [2.05, 4.69) is 10.6 Å². The molecule has 0 saturated heterocycles. The zero-order valence-corrected chi connectivity index (χ0v) is 11.4. The van der Waals surface area contributed by atoms with Crippen molar-refractivity contribution in [2.24, 2.45) is 5.92 Å². The number of carboxylic acid groups (broad SMARTS) is 1. The van der Waals surface area contributed by atoms with Crippen LogP contribution in [0.2, 0.25) is 0 Å². The van der Waals surface area contributed by atoms with Gasteiger partial charge in [0, 0.05) is 5.69 Å². The fourth-order valence-electron chi connectivity index (χ4n) is 1.74. The van der Waals surface area contributed by atoms with Crippen molar-refractivity contribution >= 4 is 17.7 Å². The second-order valence-corrected chi connectivity index (χ2v) is 4.99. The van der Waals surface area contributed by atoms with Gasteiger partial charge in [-0.2, -0.15) is 0 Å². The number of carboxylic acids is 1. The molecule has 0 radical (unpaired) electrons. The Morgan fingerprint density at radius 3 is 2.53 bits per heavy atom. The largest absolute Gasteiger partial charge is 0.480 e. The maximum atomic E-state index is 11.7. The number of anilines is 1. The highest BCUT2D eigenvalue weighted by Gasteiger charge is 2.20. The van der Waals surface area contributed by atoms with Crippen molar-refractivity contribution in [3.05, 3.63) is 29.8 Å². The van der Waals surface area contributed by atoms with Crippen molar-refractivity contribution in [1.29, 1.82) is 0 Å². The third-order valence-electron chi connectivity index (χ3n) is 2.59. The monoisotopic (exact) mass is 264 g/mol. The lowest BCUT2D eigenvalue weighted by Crippen LogP contribution is -2.43. The molecule has 104 valence electrons. The molecule has 0 fully saturated rings. The van der Waals surface area contributed by atoms with Gasteiger partial charge in [-0.05, 0) is 37.0 Å². The molecule has 0 bridgehead atoms. The highest BCUT2D eigenvalue weighted by Crippen LogP contribution is 2.10. The summed E-state index contributed by atoms with van der Waals surface area (Å²) >= 11 is 0. The van der Waals surface area contributed by atoms with E-state index in [-0.39, 0.29) is 5.92 Å². The molecular formula is C14H20N2O3. The first-order valence-corrected chi connectivity index (χ1v) is 6.25. The van der Waals surface area contributed by atoms with Crippen LogP contribution in [0.5, 0.6) is 0 Å². The lowest BCUT2D eigenvalue weighted by Gasteiger charge is -2.17. The first-order valence-electron chi connectivity index (χ1n) is 6.25. The predicted molar refractivity (Wildman–Crippen MR) is 74.2 cm³/mol. The van der Waals surface area contributed by atoms with Crippen molar-refractivity contribution in [2.75, 3.05) is 5.32 Å². The van der Waals surface area contributed by atoms with E-state index in [9.17, 15) is 9.59 Å². The number of nitrogens with one attached hydrogen (secondary N) is 2. The Morgan fingerprint density at radius 1 is 1.32 bits per heavy atom. The number of carbonyl (C=O) groups is 2. The normalized spacial score (nSPS) is 12.0. The van der Waals surface area contributed by atoms with E-state index >= 15 is 0 Å². The van der Waals surface area contributed by atoms with Crippen LogP contribution in [-0.4, -0.2) is 23.1 Å². The Hall–Kier alpha value is -2.04. The second-order valence-electron chi connectivity index (χ2n) is 4.99. The van der Waals surface area contributed by atoms with E-state index in [0.717, 1.165) is 5.56 Å². The first-order chi connectivity index (χ1) is 8.88. The first kappa shape index (κ1) is 15.0. The zero-order valence-electron chi connectivity index (χ0n) is 11.4. The van der Waals surface area contributed by atoms with Crippen LogP contribution in [0.4, 0.5) is 10.5 Å². The molecule has 2 amide bonds. The SMILES string of the molecule is Cc1cccc(NC(=O)N[C@@H](CC(C)C)C(=O)O)c1. The van der Waals surface area contributed by atoms with Gasteiger partial charge >= 0.3 is 12.0 Å². The van der Waals surface area contributed by atoms with Crippen LogP contribution in [0.3, 0.4) is 0 Å². The highest BCUT2D eigenvalue weighted by atomic mass is 16.4. The van der Waals surface area contributed by atoms with Crippen LogP contribution < -0.4 is 10.6 Å². The average molecular weight is 264 g/mol. The van der Waals surface area contributed by atoms with Crippen LogP contribution in [0.1, 0.15) is 25.8 Å². The molecule has 0 spiro atoms.